The van der Waals surface area contributed by atoms with E-state index in [0.29, 0.717) is 36.0 Å². The van der Waals surface area contributed by atoms with Crippen LogP contribution in [0, 0.1) is 0 Å². The third-order valence-electron chi connectivity index (χ3n) is 5.54. The lowest BCUT2D eigenvalue weighted by Gasteiger charge is -2.34. The van der Waals surface area contributed by atoms with Gasteiger partial charge in [0.25, 0.3) is 5.91 Å². The first-order valence-electron chi connectivity index (χ1n) is 11.4. The molecular formula is C23H30N8O4. The minimum Gasteiger partial charge on any atom is -0.479 e. The van der Waals surface area contributed by atoms with E-state index in [-0.39, 0.29) is 23.9 Å². The van der Waals surface area contributed by atoms with Gasteiger partial charge in [-0.25, -0.2) is 9.78 Å². The number of nitrogens with zero attached hydrogens (tertiary/aromatic N) is 7. The second kappa shape index (κ2) is 9.72. The summed E-state index contributed by atoms with van der Waals surface area (Å²) in [5.74, 6) is 0.817. The average Bonchev–Trinajstić information content (AvgIpc) is 3.45. The van der Waals surface area contributed by atoms with Crippen LogP contribution < -0.4 is 10.1 Å². The number of hydrogen-bond donors (Lipinski definition) is 1. The Morgan fingerprint density at radius 2 is 1.91 bits per heavy atom. The van der Waals surface area contributed by atoms with Crippen LogP contribution in [0.15, 0.2) is 30.7 Å². The Morgan fingerprint density at radius 1 is 1.17 bits per heavy atom. The van der Waals surface area contributed by atoms with Gasteiger partial charge in [0.05, 0.1) is 7.11 Å². The topological polar surface area (TPSA) is 129 Å². The third kappa shape index (κ3) is 5.58. The van der Waals surface area contributed by atoms with Crippen molar-refractivity contribution < 1.29 is 19.1 Å². The molecule has 1 fully saturated rings. The van der Waals surface area contributed by atoms with E-state index in [0.717, 1.165) is 12.8 Å². The summed E-state index contributed by atoms with van der Waals surface area (Å²) in [7, 11) is 3.17. The van der Waals surface area contributed by atoms with Crippen LogP contribution in [-0.4, -0.2) is 72.2 Å². The number of rotatable bonds is 5. The summed E-state index contributed by atoms with van der Waals surface area (Å²) in [5.41, 5.74) is 0.360. The Hall–Kier alpha value is -3.96. The standard InChI is InChI=1S/C23H30N8O4/c1-23(2,3)35-22(33)30-11-9-15(10-12-30)31-14-24-27-19(31)17-7-6-8-18(25-17)26-20(32)16-13-29(4)28-21(16)34-5/h6-8,13-15H,9-12H2,1-5H3,(H,25,26,32). The van der Waals surface area contributed by atoms with Crippen molar-refractivity contribution in [1.29, 1.82) is 0 Å². The second-order valence-corrected chi connectivity index (χ2v) is 9.35. The summed E-state index contributed by atoms with van der Waals surface area (Å²) in [6.07, 6.45) is 4.44. The molecule has 4 rings (SSSR count). The van der Waals surface area contributed by atoms with Crippen molar-refractivity contribution in [1.82, 2.24) is 34.4 Å². The van der Waals surface area contributed by atoms with Crippen molar-refractivity contribution in [3.05, 3.63) is 36.3 Å². The van der Waals surface area contributed by atoms with Gasteiger partial charge in [-0.05, 0) is 45.7 Å². The van der Waals surface area contributed by atoms with E-state index < -0.39 is 5.60 Å². The molecule has 0 radical (unpaired) electrons. The molecule has 2 amide bonds. The molecule has 12 nitrogen and oxygen atoms in total. The molecule has 4 heterocycles. The number of carbonyl (C=O) groups is 2. The molecule has 0 aromatic carbocycles. The van der Waals surface area contributed by atoms with Crippen LogP contribution >= 0.6 is 0 Å². The van der Waals surface area contributed by atoms with E-state index in [1.54, 1.807) is 36.6 Å². The molecule has 3 aromatic rings. The highest BCUT2D eigenvalue weighted by Crippen LogP contribution is 2.28. The lowest BCUT2D eigenvalue weighted by Crippen LogP contribution is -2.42. The van der Waals surface area contributed by atoms with Crippen molar-refractivity contribution in [2.24, 2.45) is 7.05 Å². The number of piperidine rings is 1. The SMILES string of the molecule is COc1nn(C)cc1C(=O)Nc1cccc(-c2nncn2C2CCN(C(=O)OC(C)(C)C)CC2)n1. The van der Waals surface area contributed by atoms with Gasteiger partial charge in [-0.15, -0.1) is 15.3 Å². The maximum Gasteiger partial charge on any atom is 0.410 e. The van der Waals surface area contributed by atoms with Crippen LogP contribution in [0.25, 0.3) is 11.5 Å². The second-order valence-electron chi connectivity index (χ2n) is 9.35. The summed E-state index contributed by atoms with van der Waals surface area (Å²) < 4.78 is 14.1. The van der Waals surface area contributed by atoms with Gasteiger partial charge in [-0.3, -0.25) is 9.48 Å². The number of aryl methyl sites for hydroxylation is 1. The number of hydrogen-bond acceptors (Lipinski definition) is 8. The van der Waals surface area contributed by atoms with Gasteiger partial charge in [0, 0.05) is 32.4 Å². The summed E-state index contributed by atoms with van der Waals surface area (Å²) in [4.78, 5) is 31.4. The van der Waals surface area contributed by atoms with E-state index in [4.69, 9.17) is 9.47 Å². The maximum absolute atomic E-state index is 12.7. The molecule has 0 aliphatic carbocycles. The lowest BCUT2D eigenvalue weighted by atomic mass is 10.0. The number of carbonyl (C=O) groups excluding carboxylic acids is 2. The first-order valence-corrected chi connectivity index (χ1v) is 11.4. The molecule has 1 aliphatic heterocycles. The zero-order valence-corrected chi connectivity index (χ0v) is 20.6. The predicted molar refractivity (Wildman–Crippen MR) is 127 cm³/mol. The van der Waals surface area contributed by atoms with E-state index in [1.807, 2.05) is 31.4 Å². The summed E-state index contributed by atoms with van der Waals surface area (Å²) in [6.45, 7) is 6.73. The highest BCUT2D eigenvalue weighted by Gasteiger charge is 2.29. The molecule has 0 unspecified atom stereocenters. The number of ether oxygens (including phenoxy) is 2. The Labute approximate surface area is 203 Å². The van der Waals surface area contributed by atoms with Gasteiger partial charge in [-0.1, -0.05) is 6.07 Å². The fourth-order valence-electron chi connectivity index (χ4n) is 3.93. The minimum atomic E-state index is -0.524. The van der Waals surface area contributed by atoms with Gasteiger partial charge < -0.3 is 24.3 Å². The molecule has 1 saturated heterocycles. The number of pyridine rings is 1. The number of nitrogens with one attached hydrogen (secondary N) is 1. The van der Waals surface area contributed by atoms with Crippen LogP contribution in [-0.2, 0) is 11.8 Å². The number of methoxy groups -OCH3 is 1. The highest BCUT2D eigenvalue weighted by atomic mass is 16.6. The van der Waals surface area contributed by atoms with E-state index >= 15 is 0 Å². The van der Waals surface area contributed by atoms with Gasteiger partial charge >= 0.3 is 6.09 Å². The first kappa shape index (κ1) is 24.2. The largest absolute Gasteiger partial charge is 0.479 e. The summed E-state index contributed by atoms with van der Waals surface area (Å²) in [6, 6.07) is 5.42. The number of anilines is 1. The Balaban J connectivity index is 1.46. The predicted octanol–water partition coefficient (Wildman–Crippen LogP) is 2.91. The maximum atomic E-state index is 12.7. The van der Waals surface area contributed by atoms with Crippen molar-refractivity contribution in [2.75, 3.05) is 25.5 Å². The average molecular weight is 483 g/mol. The van der Waals surface area contributed by atoms with E-state index in [2.05, 4.69) is 25.6 Å². The summed E-state index contributed by atoms with van der Waals surface area (Å²) >= 11 is 0. The molecule has 186 valence electrons. The number of likely N-dealkylation sites (tertiary alicyclic amines) is 1. The summed E-state index contributed by atoms with van der Waals surface area (Å²) in [5, 5.41) is 15.3. The van der Waals surface area contributed by atoms with Crippen molar-refractivity contribution in [2.45, 2.75) is 45.3 Å². The van der Waals surface area contributed by atoms with Gasteiger partial charge in [0.2, 0.25) is 5.88 Å². The van der Waals surface area contributed by atoms with Crippen molar-refractivity contribution >= 4 is 17.8 Å². The zero-order valence-electron chi connectivity index (χ0n) is 20.6. The lowest BCUT2D eigenvalue weighted by molar-refractivity contribution is 0.0188. The minimum absolute atomic E-state index is 0.110. The highest BCUT2D eigenvalue weighted by molar-refractivity contribution is 6.05. The van der Waals surface area contributed by atoms with Crippen molar-refractivity contribution in [3.63, 3.8) is 0 Å². The molecule has 35 heavy (non-hydrogen) atoms. The molecule has 0 atom stereocenters. The molecule has 3 aromatic heterocycles. The number of aromatic nitrogens is 6. The van der Waals surface area contributed by atoms with Gasteiger partial charge in [0.15, 0.2) is 5.82 Å². The van der Waals surface area contributed by atoms with Crippen LogP contribution in [0.4, 0.5) is 10.6 Å². The Morgan fingerprint density at radius 3 is 2.60 bits per heavy atom. The van der Waals surface area contributed by atoms with Gasteiger partial charge in [0.1, 0.15) is 29.0 Å². The van der Waals surface area contributed by atoms with Crippen LogP contribution in [0.5, 0.6) is 5.88 Å². The molecule has 1 N–H and O–H groups in total. The molecule has 0 spiro atoms. The molecule has 12 heteroatoms. The van der Waals surface area contributed by atoms with E-state index in [9.17, 15) is 9.59 Å². The zero-order chi connectivity index (χ0) is 25.2. The molecule has 0 bridgehead atoms. The van der Waals surface area contributed by atoms with Crippen LogP contribution in [0.3, 0.4) is 0 Å². The molecule has 1 aliphatic rings. The Bertz CT molecular complexity index is 1200. The number of amides is 2. The molecule has 0 saturated carbocycles. The van der Waals surface area contributed by atoms with Crippen LogP contribution in [0.2, 0.25) is 0 Å². The normalized spacial score (nSPS) is 14.6. The smallest absolute Gasteiger partial charge is 0.410 e. The third-order valence-corrected chi connectivity index (χ3v) is 5.54. The molecular weight excluding hydrogens is 452 g/mol. The fraction of sp³-hybridized carbons (Fsp3) is 0.478. The monoisotopic (exact) mass is 482 g/mol. The van der Waals surface area contributed by atoms with Crippen molar-refractivity contribution in [3.8, 4) is 17.4 Å². The first-order chi connectivity index (χ1) is 16.6. The van der Waals surface area contributed by atoms with Gasteiger partial charge in [-0.2, -0.15) is 0 Å². The quantitative estimate of drug-likeness (QED) is 0.588. The van der Waals surface area contributed by atoms with E-state index in [1.165, 1.54) is 11.8 Å². The Kier molecular flexibility index (Phi) is 6.72. The van der Waals surface area contributed by atoms with Crippen LogP contribution in [0.1, 0.15) is 50.0 Å². The fourth-order valence-corrected chi connectivity index (χ4v) is 3.93.